The Balaban J connectivity index is 1.35. The largest absolute Gasteiger partial charge is 0.489 e. The van der Waals surface area contributed by atoms with Gasteiger partial charge in [-0.1, -0.05) is 36.4 Å². The van der Waals surface area contributed by atoms with E-state index in [1.807, 2.05) is 6.07 Å². The summed E-state index contributed by atoms with van der Waals surface area (Å²) < 4.78 is 21.3. The summed E-state index contributed by atoms with van der Waals surface area (Å²) in [6.07, 6.45) is 4.74. The molecule has 154 valence electrons. The Morgan fingerprint density at radius 1 is 1.03 bits per heavy atom. The summed E-state index contributed by atoms with van der Waals surface area (Å²) in [7, 11) is -0.909. The fourth-order valence-electron chi connectivity index (χ4n) is 5.55. The van der Waals surface area contributed by atoms with Crippen molar-refractivity contribution in [3.05, 3.63) is 65.2 Å². The van der Waals surface area contributed by atoms with Crippen LogP contribution in [0.15, 0.2) is 48.5 Å². The second-order valence-corrected chi connectivity index (χ2v) is 12.1. The number of nitrogens with zero attached hydrogens (tertiary/aromatic N) is 1. The average Bonchev–Trinajstić information content (AvgIpc) is 3.36. The Labute approximate surface area is 177 Å². The summed E-state index contributed by atoms with van der Waals surface area (Å²) in [4.78, 5) is 0. The summed E-state index contributed by atoms with van der Waals surface area (Å²) in [5, 5.41) is 0. The second kappa shape index (κ2) is 6.95. The van der Waals surface area contributed by atoms with Gasteiger partial charge in [0.1, 0.15) is 23.3 Å². The van der Waals surface area contributed by atoms with Crippen molar-refractivity contribution in [3.63, 3.8) is 0 Å². The van der Waals surface area contributed by atoms with E-state index in [0.717, 1.165) is 25.1 Å². The van der Waals surface area contributed by atoms with Crippen LogP contribution in [0, 0.1) is 11.8 Å². The molecule has 2 aromatic carbocycles. The van der Waals surface area contributed by atoms with Gasteiger partial charge in [0.05, 0.1) is 10.3 Å². The highest BCUT2D eigenvalue weighted by Crippen LogP contribution is 2.59. The molecular formula is C25H31NO2S. The maximum Gasteiger partial charge on any atom is 0.120 e. The first-order valence-corrected chi connectivity index (χ1v) is 12.0. The molecule has 2 unspecified atom stereocenters. The molecule has 3 aliphatic rings. The third-order valence-electron chi connectivity index (χ3n) is 7.12. The molecule has 2 bridgehead atoms. The summed E-state index contributed by atoms with van der Waals surface area (Å²) in [6, 6.07) is 17.0. The quantitative estimate of drug-likeness (QED) is 0.672. The monoisotopic (exact) mass is 409 g/mol. The van der Waals surface area contributed by atoms with Crippen LogP contribution in [0.3, 0.4) is 0 Å². The SMILES string of the molecule is CC(C)(C)S(=O)N1C[C@@]12[C@@H]1CC[C@H]2Cc2ccc(OCc3ccccc3)cc2C1. The molecule has 4 heteroatoms. The second-order valence-electron chi connectivity index (χ2n) is 9.97. The van der Waals surface area contributed by atoms with Crippen LogP contribution in [0.1, 0.15) is 50.3 Å². The average molecular weight is 410 g/mol. The Hall–Kier alpha value is -1.65. The molecule has 5 rings (SSSR count). The highest BCUT2D eigenvalue weighted by molar-refractivity contribution is 7.84. The van der Waals surface area contributed by atoms with Crippen LogP contribution in [-0.2, 0) is 30.4 Å². The lowest BCUT2D eigenvalue weighted by Gasteiger charge is -2.26. The van der Waals surface area contributed by atoms with Gasteiger partial charge in [0.2, 0.25) is 0 Å². The lowest BCUT2D eigenvalue weighted by molar-refractivity contribution is 0.305. The van der Waals surface area contributed by atoms with Gasteiger partial charge in [-0.15, -0.1) is 0 Å². The summed E-state index contributed by atoms with van der Waals surface area (Å²) >= 11 is 0. The molecule has 1 saturated heterocycles. The van der Waals surface area contributed by atoms with Gasteiger partial charge in [0, 0.05) is 6.54 Å². The molecule has 2 aromatic rings. The molecule has 2 fully saturated rings. The maximum absolute atomic E-state index is 13.1. The zero-order chi connectivity index (χ0) is 20.2. The standard InChI is InChI=1S/C25H31NO2S/c1-24(2,3)29(27)26-17-25(26)21-10-11-22(25)14-20-15-23(12-9-19(20)13-21)28-16-18-7-5-4-6-8-18/h4-9,12,15,21-22H,10-11,13-14,16-17H2,1-3H3/t21-,22+,25+,26?,29?/m0/s1. The van der Waals surface area contributed by atoms with Crippen LogP contribution in [-0.4, -0.2) is 25.3 Å². The minimum Gasteiger partial charge on any atom is -0.489 e. The Bertz CT molecular complexity index is 936. The number of hydrogen-bond donors (Lipinski definition) is 0. The van der Waals surface area contributed by atoms with E-state index in [4.69, 9.17) is 4.74 Å². The van der Waals surface area contributed by atoms with Gasteiger partial charge in [-0.05, 0) is 87.1 Å². The molecule has 1 saturated carbocycles. The van der Waals surface area contributed by atoms with Crippen LogP contribution >= 0.6 is 0 Å². The predicted molar refractivity (Wildman–Crippen MR) is 118 cm³/mol. The van der Waals surface area contributed by atoms with Crippen LogP contribution < -0.4 is 4.74 Å². The fraction of sp³-hybridized carbons (Fsp3) is 0.520. The summed E-state index contributed by atoms with van der Waals surface area (Å²) in [5.74, 6) is 2.21. The number of fused-ring (bicyclic) bond motifs is 1. The maximum atomic E-state index is 13.1. The fourth-order valence-corrected chi connectivity index (χ4v) is 7.14. The highest BCUT2D eigenvalue weighted by Gasteiger charge is 2.67. The van der Waals surface area contributed by atoms with Gasteiger partial charge >= 0.3 is 0 Å². The van der Waals surface area contributed by atoms with Gasteiger partial charge in [-0.3, -0.25) is 0 Å². The van der Waals surface area contributed by atoms with Crippen molar-refractivity contribution in [3.8, 4) is 5.75 Å². The molecule has 5 atom stereocenters. The van der Waals surface area contributed by atoms with Crippen molar-refractivity contribution in [1.29, 1.82) is 0 Å². The molecule has 1 spiro atoms. The molecular weight excluding hydrogens is 378 g/mol. The smallest absolute Gasteiger partial charge is 0.120 e. The number of hydrogen-bond acceptors (Lipinski definition) is 2. The van der Waals surface area contributed by atoms with E-state index in [2.05, 4.69) is 67.5 Å². The lowest BCUT2D eigenvalue weighted by Crippen LogP contribution is -2.37. The van der Waals surface area contributed by atoms with E-state index in [1.54, 1.807) is 0 Å². The molecule has 0 N–H and O–H groups in total. The zero-order valence-electron chi connectivity index (χ0n) is 17.7. The van der Waals surface area contributed by atoms with Gasteiger partial charge in [0.25, 0.3) is 0 Å². The van der Waals surface area contributed by atoms with Crippen molar-refractivity contribution >= 4 is 11.0 Å². The van der Waals surface area contributed by atoms with E-state index in [-0.39, 0.29) is 10.3 Å². The zero-order valence-corrected chi connectivity index (χ0v) is 18.5. The predicted octanol–water partition coefficient (Wildman–Crippen LogP) is 4.91. The molecule has 0 aromatic heterocycles. The van der Waals surface area contributed by atoms with E-state index in [0.29, 0.717) is 18.4 Å². The van der Waals surface area contributed by atoms with Crippen LogP contribution in [0.2, 0.25) is 0 Å². The first-order valence-electron chi connectivity index (χ1n) is 10.9. The Morgan fingerprint density at radius 2 is 1.72 bits per heavy atom. The van der Waals surface area contributed by atoms with Gasteiger partial charge < -0.3 is 4.74 Å². The van der Waals surface area contributed by atoms with Crippen molar-refractivity contribution in [2.75, 3.05) is 6.54 Å². The number of rotatable bonds is 4. The van der Waals surface area contributed by atoms with E-state index >= 15 is 0 Å². The van der Waals surface area contributed by atoms with Crippen molar-refractivity contribution in [2.45, 2.75) is 63.3 Å². The van der Waals surface area contributed by atoms with Gasteiger partial charge in [0.15, 0.2) is 0 Å². The molecule has 29 heavy (non-hydrogen) atoms. The lowest BCUT2D eigenvalue weighted by atomic mass is 9.87. The molecule has 0 amide bonds. The van der Waals surface area contributed by atoms with Crippen molar-refractivity contribution in [1.82, 2.24) is 4.31 Å². The molecule has 0 radical (unpaired) electrons. The van der Waals surface area contributed by atoms with Crippen LogP contribution in [0.4, 0.5) is 0 Å². The topological polar surface area (TPSA) is 29.3 Å². The summed E-state index contributed by atoms with van der Waals surface area (Å²) in [5.41, 5.74) is 4.27. The third kappa shape index (κ3) is 3.34. The Morgan fingerprint density at radius 3 is 2.41 bits per heavy atom. The number of benzene rings is 2. The van der Waals surface area contributed by atoms with Crippen LogP contribution in [0.5, 0.6) is 5.75 Å². The van der Waals surface area contributed by atoms with Gasteiger partial charge in [-0.25, -0.2) is 8.51 Å². The van der Waals surface area contributed by atoms with Crippen molar-refractivity contribution < 1.29 is 8.95 Å². The number of ether oxygens (including phenoxy) is 1. The van der Waals surface area contributed by atoms with E-state index in [1.165, 1.54) is 29.5 Å². The molecule has 1 aliphatic heterocycles. The van der Waals surface area contributed by atoms with Gasteiger partial charge in [-0.2, -0.15) is 0 Å². The first-order chi connectivity index (χ1) is 13.9. The van der Waals surface area contributed by atoms with E-state index < -0.39 is 11.0 Å². The first kappa shape index (κ1) is 19.3. The highest BCUT2D eigenvalue weighted by atomic mass is 32.2. The normalized spacial score (nSPS) is 31.2. The minimum atomic E-state index is -0.909. The molecule has 2 aliphatic carbocycles. The Kier molecular flexibility index (Phi) is 4.63. The third-order valence-corrected chi connectivity index (χ3v) is 9.04. The molecule has 1 heterocycles. The van der Waals surface area contributed by atoms with Crippen LogP contribution in [0.25, 0.3) is 0 Å². The summed E-state index contributed by atoms with van der Waals surface area (Å²) in [6.45, 7) is 7.90. The van der Waals surface area contributed by atoms with E-state index in [9.17, 15) is 4.21 Å². The minimum absolute atomic E-state index is 0.169. The molecule has 3 nitrogen and oxygen atoms in total. The van der Waals surface area contributed by atoms with Crippen molar-refractivity contribution in [2.24, 2.45) is 11.8 Å².